The van der Waals surface area contributed by atoms with Crippen molar-refractivity contribution < 1.29 is 5.11 Å². The number of aromatic hydroxyl groups is 1. The minimum absolute atomic E-state index is 0.204. The van der Waals surface area contributed by atoms with E-state index in [9.17, 15) is 5.11 Å². The first-order valence-corrected chi connectivity index (χ1v) is 6.87. The lowest BCUT2D eigenvalue weighted by molar-refractivity contribution is 0.475. The highest BCUT2D eigenvalue weighted by atomic mass is 16.3. The molecule has 0 spiro atoms. The minimum Gasteiger partial charge on any atom is -0.508 e. The molecule has 5 nitrogen and oxygen atoms in total. The van der Waals surface area contributed by atoms with Crippen molar-refractivity contribution >= 4 is 11.2 Å². The van der Waals surface area contributed by atoms with Crippen molar-refractivity contribution in [3.63, 3.8) is 0 Å². The number of fused-ring (bicyclic) bond motifs is 1. The van der Waals surface area contributed by atoms with Gasteiger partial charge in [0.15, 0.2) is 5.65 Å². The number of phenols is 1. The molecule has 0 radical (unpaired) electrons. The van der Waals surface area contributed by atoms with Crippen LogP contribution in [0.3, 0.4) is 0 Å². The molecular formula is C17H12N4O. The van der Waals surface area contributed by atoms with Gasteiger partial charge in [-0.2, -0.15) is 5.10 Å². The molecule has 0 aliphatic heterocycles. The fraction of sp³-hybridized carbons (Fsp3) is 0. The Hall–Kier alpha value is -3.21. The standard InChI is InChI=1S/C17H12N4O/c22-13-8-4-7-12(9-13)14-10-18-17-16(19-14)15(20-21-17)11-5-2-1-3-6-11/h1-10,22H,(H,18,20,21). The predicted octanol–water partition coefficient (Wildman–Crippen LogP) is 3.39. The summed E-state index contributed by atoms with van der Waals surface area (Å²) < 4.78 is 0. The van der Waals surface area contributed by atoms with Gasteiger partial charge in [0.2, 0.25) is 0 Å². The second-order valence-corrected chi connectivity index (χ2v) is 4.94. The van der Waals surface area contributed by atoms with Crippen LogP contribution in [0.4, 0.5) is 0 Å². The Balaban J connectivity index is 1.90. The quantitative estimate of drug-likeness (QED) is 0.593. The van der Waals surface area contributed by atoms with Gasteiger partial charge in [0.1, 0.15) is 11.3 Å². The molecule has 0 aliphatic carbocycles. The van der Waals surface area contributed by atoms with Crippen LogP contribution < -0.4 is 0 Å². The summed E-state index contributed by atoms with van der Waals surface area (Å²) in [4.78, 5) is 9.00. The largest absolute Gasteiger partial charge is 0.508 e. The molecule has 0 unspecified atom stereocenters. The molecule has 5 heteroatoms. The number of hydrogen-bond donors (Lipinski definition) is 2. The zero-order valence-electron chi connectivity index (χ0n) is 11.6. The van der Waals surface area contributed by atoms with E-state index in [-0.39, 0.29) is 5.75 Å². The maximum Gasteiger partial charge on any atom is 0.200 e. The first-order chi connectivity index (χ1) is 10.8. The van der Waals surface area contributed by atoms with E-state index in [1.807, 2.05) is 36.4 Å². The van der Waals surface area contributed by atoms with Crippen LogP contribution in [0.1, 0.15) is 0 Å². The summed E-state index contributed by atoms with van der Waals surface area (Å²) in [6, 6.07) is 16.9. The number of benzene rings is 2. The topological polar surface area (TPSA) is 74.7 Å². The molecule has 2 N–H and O–H groups in total. The number of hydrogen-bond acceptors (Lipinski definition) is 4. The van der Waals surface area contributed by atoms with Gasteiger partial charge in [-0.1, -0.05) is 42.5 Å². The lowest BCUT2D eigenvalue weighted by atomic mass is 10.1. The average Bonchev–Trinajstić information content (AvgIpc) is 2.99. The van der Waals surface area contributed by atoms with Crippen molar-refractivity contribution in [2.24, 2.45) is 0 Å². The van der Waals surface area contributed by atoms with Crippen LogP contribution in [0, 0.1) is 0 Å². The fourth-order valence-electron chi connectivity index (χ4n) is 2.40. The van der Waals surface area contributed by atoms with E-state index in [2.05, 4.69) is 20.2 Å². The third kappa shape index (κ3) is 2.09. The van der Waals surface area contributed by atoms with Crippen LogP contribution in [0.25, 0.3) is 33.7 Å². The van der Waals surface area contributed by atoms with Crippen LogP contribution >= 0.6 is 0 Å². The van der Waals surface area contributed by atoms with Gasteiger partial charge >= 0.3 is 0 Å². The highest BCUT2D eigenvalue weighted by molar-refractivity contribution is 5.88. The number of H-pyrrole nitrogens is 1. The summed E-state index contributed by atoms with van der Waals surface area (Å²) in [7, 11) is 0. The molecule has 0 aliphatic rings. The third-order valence-corrected chi connectivity index (χ3v) is 3.47. The zero-order chi connectivity index (χ0) is 14.9. The third-order valence-electron chi connectivity index (χ3n) is 3.47. The fourth-order valence-corrected chi connectivity index (χ4v) is 2.40. The van der Waals surface area contributed by atoms with E-state index in [1.54, 1.807) is 24.4 Å². The lowest BCUT2D eigenvalue weighted by Gasteiger charge is -2.02. The molecule has 4 aromatic rings. The van der Waals surface area contributed by atoms with Crippen LogP contribution in [-0.4, -0.2) is 25.3 Å². The molecule has 2 heterocycles. The van der Waals surface area contributed by atoms with Gasteiger partial charge in [-0.05, 0) is 12.1 Å². The zero-order valence-corrected chi connectivity index (χ0v) is 11.6. The van der Waals surface area contributed by atoms with Crippen LogP contribution in [0.5, 0.6) is 5.75 Å². The molecule has 0 atom stereocenters. The van der Waals surface area contributed by atoms with Gasteiger partial charge in [0, 0.05) is 11.1 Å². The molecule has 0 bridgehead atoms. The Morgan fingerprint density at radius 1 is 0.909 bits per heavy atom. The predicted molar refractivity (Wildman–Crippen MR) is 84.2 cm³/mol. The monoisotopic (exact) mass is 288 g/mol. The number of phenolic OH excluding ortho intramolecular Hbond substituents is 1. The SMILES string of the molecule is Oc1cccc(-c2cnc3n[nH]c(-c4ccccc4)c3n2)c1. The van der Waals surface area contributed by atoms with E-state index < -0.39 is 0 Å². The first-order valence-electron chi connectivity index (χ1n) is 6.87. The van der Waals surface area contributed by atoms with Gasteiger partial charge in [-0.3, -0.25) is 5.10 Å². The van der Waals surface area contributed by atoms with Crippen LogP contribution in [0.15, 0.2) is 60.8 Å². The Morgan fingerprint density at radius 2 is 1.73 bits per heavy atom. The van der Waals surface area contributed by atoms with Gasteiger partial charge in [-0.15, -0.1) is 0 Å². The van der Waals surface area contributed by atoms with Gasteiger partial charge in [0.05, 0.1) is 17.6 Å². The summed E-state index contributed by atoms with van der Waals surface area (Å²) in [5.41, 5.74) is 4.64. The maximum atomic E-state index is 9.61. The van der Waals surface area contributed by atoms with E-state index in [1.165, 1.54) is 0 Å². The van der Waals surface area contributed by atoms with Gasteiger partial charge < -0.3 is 5.11 Å². The number of aromatic nitrogens is 4. The molecule has 2 aromatic carbocycles. The highest BCUT2D eigenvalue weighted by Crippen LogP contribution is 2.27. The average molecular weight is 288 g/mol. The molecular weight excluding hydrogens is 276 g/mol. The van der Waals surface area contributed by atoms with Gasteiger partial charge in [0.25, 0.3) is 0 Å². The summed E-state index contributed by atoms with van der Waals surface area (Å²) in [5.74, 6) is 0.204. The van der Waals surface area contributed by atoms with Crippen LogP contribution in [-0.2, 0) is 0 Å². The molecule has 2 aromatic heterocycles. The molecule has 0 saturated heterocycles. The Kier molecular flexibility index (Phi) is 2.83. The number of rotatable bonds is 2. The molecule has 0 amide bonds. The van der Waals surface area contributed by atoms with Crippen LogP contribution in [0.2, 0.25) is 0 Å². The van der Waals surface area contributed by atoms with Crippen molar-refractivity contribution in [2.45, 2.75) is 0 Å². The molecule has 22 heavy (non-hydrogen) atoms. The van der Waals surface area contributed by atoms with Crippen molar-refractivity contribution in [2.75, 3.05) is 0 Å². The lowest BCUT2D eigenvalue weighted by Crippen LogP contribution is -1.88. The summed E-state index contributed by atoms with van der Waals surface area (Å²) in [6.07, 6.45) is 1.66. The summed E-state index contributed by atoms with van der Waals surface area (Å²) in [5, 5.41) is 16.8. The summed E-state index contributed by atoms with van der Waals surface area (Å²) >= 11 is 0. The van der Waals surface area contributed by atoms with Crippen molar-refractivity contribution in [1.82, 2.24) is 20.2 Å². The number of nitrogens with one attached hydrogen (secondary N) is 1. The van der Waals surface area contributed by atoms with E-state index in [0.717, 1.165) is 16.8 Å². The molecule has 4 rings (SSSR count). The van der Waals surface area contributed by atoms with Gasteiger partial charge in [-0.25, -0.2) is 9.97 Å². The Morgan fingerprint density at radius 3 is 2.55 bits per heavy atom. The highest BCUT2D eigenvalue weighted by Gasteiger charge is 2.11. The minimum atomic E-state index is 0.204. The molecule has 0 saturated carbocycles. The first kappa shape index (κ1) is 12.5. The second kappa shape index (κ2) is 4.96. The van der Waals surface area contributed by atoms with Crippen molar-refractivity contribution in [3.05, 3.63) is 60.8 Å². The normalized spacial score (nSPS) is 10.9. The molecule has 106 valence electrons. The van der Waals surface area contributed by atoms with Crippen molar-refractivity contribution in [3.8, 4) is 28.3 Å². The van der Waals surface area contributed by atoms with Crippen molar-refractivity contribution in [1.29, 1.82) is 0 Å². The summed E-state index contributed by atoms with van der Waals surface area (Å²) in [6.45, 7) is 0. The second-order valence-electron chi connectivity index (χ2n) is 4.94. The maximum absolute atomic E-state index is 9.61. The van der Waals surface area contributed by atoms with E-state index in [4.69, 9.17) is 0 Å². The number of aromatic amines is 1. The Labute approximate surface area is 126 Å². The van der Waals surface area contributed by atoms with E-state index >= 15 is 0 Å². The van der Waals surface area contributed by atoms with E-state index in [0.29, 0.717) is 16.9 Å². The number of nitrogens with zero attached hydrogens (tertiary/aromatic N) is 3. The Bertz CT molecular complexity index is 947. The molecule has 0 fully saturated rings. The smallest absolute Gasteiger partial charge is 0.200 e.